The average molecular weight is 290 g/mol. The summed E-state index contributed by atoms with van der Waals surface area (Å²) in [4.78, 5) is 0. The fourth-order valence-corrected chi connectivity index (χ4v) is 2.60. The van der Waals surface area contributed by atoms with Gasteiger partial charge < -0.3 is 15.7 Å². The van der Waals surface area contributed by atoms with Gasteiger partial charge in [-0.1, -0.05) is 18.2 Å². The molecule has 0 bridgehead atoms. The van der Waals surface area contributed by atoms with Crippen LogP contribution in [0.2, 0.25) is 0 Å². The van der Waals surface area contributed by atoms with Crippen LogP contribution in [-0.4, -0.2) is 34.5 Å². The molecule has 5 nitrogen and oxygen atoms in total. The molecule has 0 fully saturated rings. The molecule has 0 amide bonds. The highest BCUT2D eigenvalue weighted by Gasteiger charge is 2.18. The minimum Gasteiger partial charge on any atom is -0.387 e. The summed E-state index contributed by atoms with van der Waals surface area (Å²) in [7, 11) is 0. The van der Waals surface area contributed by atoms with Crippen molar-refractivity contribution in [2.75, 3.05) is 25.0 Å². The van der Waals surface area contributed by atoms with Gasteiger partial charge in [0.2, 0.25) is 0 Å². The van der Waals surface area contributed by atoms with E-state index >= 15 is 0 Å². The van der Waals surface area contributed by atoms with E-state index in [2.05, 4.69) is 15.7 Å². The number of hydrogen-bond acceptors (Lipinski definition) is 4. The summed E-state index contributed by atoms with van der Waals surface area (Å²) in [6.07, 6.45) is 0.947. The Morgan fingerprint density at radius 3 is 3.14 bits per heavy atom. The number of rotatable bonds is 5. The van der Waals surface area contributed by atoms with Gasteiger partial charge in [-0.2, -0.15) is 5.10 Å². The van der Waals surface area contributed by atoms with Crippen LogP contribution in [-0.2, 0) is 6.54 Å². The van der Waals surface area contributed by atoms with E-state index in [1.165, 1.54) is 6.07 Å². The van der Waals surface area contributed by atoms with Crippen LogP contribution in [0.1, 0.15) is 11.7 Å². The highest BCUT2D eigenvalue weighted by molar-refractivity contribution is 5.35. The van der Waals surface area contributed by atoms with Gasteiger partial charge in [-0.05, 0) is 6.07 Å². The zero-order chi connectivity index (χ0) is 14.7. The summed E-state index contributed by atoms with van der Waals surface area (Å²) in [5.41, 5.74) is 0.334. The third kappa shape index (κ3) is 3.22. The van der Waals surface area contributed by atoms with Crippen LogP contribution < -0.4 is 10.6 Å². The molecule has 1 aromatic heterocycles. The van der Waals surface area contributed by atoms with E-state index in [-0.39, 0.29) is 5.82 Å². The van der Waals surface area contributed by atoms with Gasteiger partial charge in [-0.15, -0.1) is 0 Å². The number of halogens is 1. The minimum absolute atomic E-state index is 0.334. The van der Waals surface area contributed by atoms with Gasteiger partial charge >= 0.3 is 0 Å². The summed E-state index contributed by atoms with van der Waals surface area (Å²) in [5.74, 6) is 1.06. The first kappa shape index (κ1) is 14.0. The Balaban J connectivity index is 1.48. The lowest BCUT2D eigenvalue weighted by molar-refractivity contribution is 0.167. The first-order valence-electron chi connectivity index (χ1n) is 7.13. The molecule has 3 N–H and O–H groups in total. The summed E-state index contributed by atoms with van der Waals surface area (Å²) >= 11 is 0. The molecule has 0 saturated carbocycles. The van der Waals surface area contributed by atoms with Gasteiger partial charge in [0.25, 0.3) is 0 Å². The Kier molecular flexibility index (Phi) is 4.17. The monoisotopic (exact) mass is 290 g/mol. The maximum atomic E-state index is 13.5. The van der Waals surface area contributed by atoms with Gasteiger partial charge in [-0.25, -0.2) is 9.07 Å². The number of nitrogens with one attached hydrogen (secondary N) is 2. The molecule has 2 atom stereocenters. The van der Waals surface area contributed by atoms with Crippen molar-refractivity contribution in [3.8, 4) is 0 Å². The second-order valence-corrected chi connectivity index (χ2v) is 5.34. The Labute approximate surface area is 122 Å². The first-order valence-corrected chi connectivity index (χ1v) is 7.13. The molecule has 2 aromatic rings. The zero-order valence-corrected chi connectivity index (χ0v) is 11.7. The third-order valence-electron chi connectivity index (χ3n) is 3.75. The van der Waals surface area contributed by atoms with E-state index in [0.717, 1.165) is 25.5 Å². The van der Waals surface area contributed by atoms with Crippen LogP contribution in [0.4, 0.5) is 10.2 Å². The number of nitrogens with zero attached hydrogens (tertiary/aromatic N) is 2. The molecule has 2 heterocycles. The summed E-state index contributed by atoms with van der Waals surface area (Å²) in [5, 5.41) is 20.8. The van der Waals surface area contributed by atoms with Crippen LogP contribution >= 0.6 is 0 Å². The van der Waals surface area contributed by atoms with Crippen LogP contribution in [0.15, 0.2) is 36.5 Å². The summed E-state index contributed by atoms with van der Waals surface area (Å²) in [6.45, 7) is 2.80. The molecular weight excluding hydrogens is 271 g/mol. The van der Waals surface area contributed by atoms with Crippen LogP contribution in [0.5, 0.6) is 0 Å². The number of hydrogen-bond donors (Lipinski definition) is 3. The third-order valence-corrected chi connectivity index (χ3v) is 3.75. The lowest BCUT2D eigenvalue weighted by Crippen LogP contribution is -2.36. The molecule has 0 saturated heterocycles. The maximum absolute atomic E-state index is 13.5. The fraction of sp³-hybridized carbons (Fsp3) is 0.400. The van der Waals surface area contributed by atoms with Crippen molar-refractivity contribution in [3.63, 3.8) is 0 Å². The topological polar surface area (TPSA) is 62.1 Å². The molecule has 0 spiro atoms. The van der Waals surface area contributed by atoms with E-state index in [0.29, 0.717) is 18.0 Å². The Hall–Kier alpha value is -1.92. The number of aliphatic hydroxyl groups is 1. The quantitative estimate of drug-likeness (QED) is 0.779. The van der Waals surface area contributed by atoms with Gasteiger partial charge in [0.05, 0.1) is 12.3 Å². The second-order valence-electron chi connectivity index (χ2n) is 5.34. The smallest absolute Gasteiger partial charge is 0.129 e. The predicted molar refractivity (Wildman–Crippen MR) is 78.4 cm³/mol. The van der Waals surface area contributed by atoms with Crippen molar-refractivity contribution < 1.29 is 9.50 Å². The first-order chi connectivity index (χ1) is 10.2. The largest absolute Gasteiger partial charge is 0.387 e. The maximum Gasteiger partial charge on any atom is 0.129 e. The highest BCUT2D eigenvalue weighted by atomic mass is 19.1. The van der Waals surface area contributed by atoms with Gasteiger partial charge in [0.15, 0.2) is 0 Å². The van der Waals surface area contributed by atoms with Crippen molar-refractivity contribution in [2.24, 2.45) is 5.92 Å². The van der Waals surface area contributed by atoms with Crippen LogP contribution in [0.3, 0.4) is 0 Å². The molecule has 0 radical (unpaired) electrons. The molecule has 1 aromatic carbocycles. The predicted octanol–water partition coefficient (Wildman–Crippen LogP) is 1.39. The highest BCUT2D eigenvalue weighted by Crippen LogP contribution is 2.17. The lowest BCUT2D eigenvalue weighted by atomic mass is 10.1. The van der Waals surface area contributed by atoms with Gasteiger partial charge in [-0.3, -0.25) is 0 Å². The van der Waals surface area contributed by atoms with Crippen molar-refractivity contribution in [1.29, 1.82) is 0 Å². The Morgan fingerprint density at radius 1 is 1.43 bits per heavy atom. The van der Waals surface area contributed by atoms with Gasteiger partial charge in [0, 0.05) is 43.7 Å². The molecular formula is C15H19FN4O. The average Bonchev–Trinajstić information content (AvgIpc) is 2.95. The molecule has 6 heteroatoms. The number of benzene rings is 1. The molecule has 0 unspecified atom stereocenters. The van der Waals surface area contributed by atoms with E-state index in [4.69, 9.17) is 0 Å². The number of anilines is 1. The molecule has 0 aliphatic carbocycles. The summed E-state index contributed by atoms with van der Waals surface area (Å²) < 4.78 is 15.5. The van der Waals surface area contributed by atoms with Gasteiger partial charge in [0.1, 0.15) is 11.6 Å². The van der Waals surface area contributed by atoms with Crippen molar-refractivity contribution in [3.05, 3.63) is 47.9 Å². The fourth-order valence-electron chi connectivity index (χ4n) is 2.60. The minimum atomic E-state index is -0.831. The van der Waals surface area contributed by atoms with E-state index < -0.39 is 6.10 Å². The standard InChI is InChI=1S/C15H19FN4O/c16-13-4-2-1-3-12(13)14(21)9-17-7-11-8-18-15-5-6-19-20(15)10-11/h1-6,11,14,17-18,21H,7-10H2/t11-,14-/m1/s1. The number of aromatic nitrogens is 2. The molecule has 21 heavy (non-hydrogen) atoms. The van der Waals surface area contributed by atoms with Crippen molar-refractivity contribution in [2.45, 2.75) is 12.6 Å². The SMILES string of the molecule is O[C@H](CNC[C@@H]1CNc2ccnn2C1)c1ccccc1F. The number of fused-ring (bicyclic) bond motifs is 1. The lowest BCUT2D eigenvalue weighted by Gasteiger charge is -2.25. The van der Waals surface area contributed by atoms with E-state index in [9.17, 15) is 9.50 Å². The summed E-state index contributed by atoms with van der Waals surface area (Å²) in [6, 6.07) is 8.27. The zero-order valence-electron chi connectivity index (χ0n) is 11.7. The molecule has 1 aliphatic rings. The molecule has 3 rings (SSSR count). The number of aliphatic hydroxyl groups excluding tert-OH is 1. The normalized spacial score (nSPS) is 18.9. The molecule has 112 valence electrons. The van der Waals surface area contributed by atoms with Crippen LogP contribution in [0.25, 0.3) is 0 Å². The van der Waals surface area contributed by atoms with Crippen molar-refractivity contribution >= 4 is 5.82 Å². The van der Waals surface area contributed by atoms with Crippen LogP contribution in [0, 0.1) is 11.7 Å². The van der Waals surface area contributed by atoms with E-state index in [1.54, 1.807) is 24.4 Å². The van der Waals surface area contributed by atoms with Crippen molar-refractivity contribution in [1.82, 2.24) is 15.1 Å². The van der Waals surface area contributed by atoms with E-state index in [1.807, 2.05) is 10.7 Å². The Bertz CT molecular complexity index is 601. The Morgan fingerprint density at radius 2 is 2.29 bits per heavy atom. The second kappa shape index (κ2) is 6.24. The molecule has 1 aliphatic heterocycles.